The number of benzene rings is 1. The first-order valence-corrected chi connectivity index (χ1v) is 6.59. The topological polar surface area (TPSA) is 43.8 Å². The molecule has 0 radical (unpaired) electrons. The maximum atomic E-state index is 13.4. The largest absolute Gasteiger partial charge is 0.323 e. The molecule has 1 aromatic carbocycles. The lowest BCUT2D eigenvalue weighted by Crippen LogP contribution is -2.16. The van der Waals surface area contributed by atoms with Gasteiger partial charge in [-0.2, -0.15) is 0 Å². The highest BCUT2D eigenvalue weighted by Crippen LogP contribution is 2.24. The molecule has 0 aliphatic carbocycles. The van der Waals surface area contributed by atoms with Crippen molar-refractivity contribution in [1.82, 2.24) is 9.55 Å². The van der Waals surface area contributed by atoms with E-state index < -0.39 is 0 Å². The predicted octanol–water partition coefficient (Wildman–Crippen LogP) is 3.71. The first-order chi connectivity index (χ1) is 8.97. The Kier molecular flexibility index (Phi) is 4.22. The van der Waals surface area contributed by atoms with Crippen molar-refractivity contribution < 1.29 is 4.39 Å². The Labute approximate surface area is 117 Å². The molecule has 2 aromatic rings. The van der Waals surface area contributed by atoms with Gasteiger partial charge in [0.2, 0.25) is 0 Å². The van der Waals surface area contributed by atoms with Gasteiger partial charge in [-0.25, -0.2) is 9.37 Å². The van der Waals surface area contributed by atoms with Crippen molar-refractivity contribution >= 4 is 11.6 Å². The first-order valence-electron chi connectivity index (χ1n) is 6.21. The second-order valence-corrected chi connectivity index (χ2v) is 5.49. The fraction of sp³-hybridized carbons (Fsp3) is 0.357. The minimum atomic E-state index is -0.375. The Hall–Kier alpha value is -1.39. The third-order valence-corrected chi connectivity index (χ3v) is 3.12. The summed E-state index contributed by atoms with van der Waals surface area (Å²) in [5, 5.41) is 0.354. The van der Waals surface area contributed by atoms with Gasteiger partial charge in [-0.3, -0.25) is 0 Å². The van der Waals surface area contributed by atoms with Crippen molar-refractivity contribution in [2.45, 2.75) is 26.3 Å². The standard InChI is InChI=1S/C14H17ClFN3/c1-9(2)3-13(17)14-7-18-8-19(14)12-5-10(15)4-11(16)6-12/h4-9,13H,3,17H2,1-2H3. The van der Waals surface area contributed by atoms with E-state index in [4.69, 9.17) is 17.3 Å². The Bertz CT molecular complexity index is 545. The van der Waals surface area contributed by atoms with E-state index in [0.29, 0.717) is 16.6 Å². The Balaban J connectivity index is 2.38. The first kappa shape index (κ1) is 14.0. The van der Waals surface area contributed by atoms with Crippen molar-refractivity contribution in [1.29, 1.82) is 0 Å². The van der Waals surface area contributed by atoms with E-state index in [-0.39, 0.29) is 11.9 Å². The molecule has 1 aromatic heterocycles. The van der Waals surface area contributed by atoms with Crippen LogP contribution in [0.2, 0.25) is 5.02 Å². The van der Waals surface area contributed by atoms with Crippen LogP contribution in [0.1, 0.15) is 32.0 Å². The van der Waals surface area contributed by atoms with Crippen molar-refractivity contribution in [2.24, 2.45) is 11.7 Å². The highest BCUT2D eigenvalue weighted by Gasteiger charge is 2.14. The van der Waals surface area contributed by atoms with Gasteiger partial charge in [0.1, 0.15) is 5.82 Å². The summed E-state index contributed by atoms with van der Waals surface area (Å²) in [6.07, 6.45) is 4.18. The maximum absolute atomic E-state index is 13.4. The molecular formula is C14H17ClFN3. The fourth-order valence-corrected chi connectivity index (χ4v) is 2.32. The van der Waals surface area contributed by atoms with Crippen molar-refractivity contribution in [3.8, 4) is 5.69 Å². The number of nitrogens with zero attached hydrogens (tertiary/aromatic N) is 2. The van der Waals surface area contributed by atoms with E-state index in [9.17, 15) is 4.39 Å². The van der Waals surface area contributed by atoms with Crippen LogP contribution in [-0.2, 0) is 0 Å². The quantitative estimate of drug-likeness (QED) is 0.928. The molecule has 102 valence electrons. The third-order valence-electron chi connectivity index (χ3n) is 2.90. The van der Waals surface area contributed by atoms with E-state index in [0.717, 1.165) is 12.1 Å². The average Bonchev–Trinajstić information content (AvgIpc) is 2.75. The molecule has 5 heteroatoms. The van der Waals surface area contributed by atoms with Crippen LogP contribution in [0.4, 0.5) is 4.39 Å². The van der Waals surface area contributed by atoms with Crippen LogP contribution < -0.4 is 5.73 Å². The molecule has 1 heterocycles. The van der Waals surface area contributed by atoms with Gasteiger partial charge in [-0.1, -0.05) is 25.4 Å². The zero-order valence-corrected chi connectivity index (χ0v) is 11.7. The van der Waals surface area contributed by atoms with Crippen molar-refractivity contribution in [3.05, 3.63) is 47.3 Å². The van der Waals surface area contributed by atoms with E-state index in [2.05, 4.69) is 18.8 Å². The molecule has 0 aliphatic heterocycles. The second kappa shape index (κ2) is 5.72. The number of rotatable bonds is 4. The summed E-state index contributed by atoms with van der Waals surface area (Å²) in [6, 6.07) is 4.25. The van der Waals surface area contributed by atoms with Gasteiger partial charge < -0.3 is 10.3 Å². The molecule has 0 saturated carbocycles. The monoisotopic (exact) mass is 281 g/mol. The molecule has 19 heavy (non-hydrogen) atoms. The molecule has 0 saturated heterocycles. The summed E-state index contributed by atoms with van der Waals surface area (Å²) in [6.45, 7) is 4.22. The van der Waals surface area contributed by atoms with E-state index in [1.54, 1.807) is 23.2 Å². The van der Waals surface area contributed by atoms with Gasteiger partial charge in [-0.05, 0) is 30.5 Å². The van der Waals surface area contributed by atoms with Crippen LogP contribution in [0, 0.1) is 11.7 Å². The molecule has 0 aliphatic rings. The van der Waals surface area contributed by atoms with Crippen molar-refractivity contribution in [3.63, 3.8) is 0 Å². The minimum absolute atomic E-state index is 0.135. The predicted molar refractivity (Wildman–Crippen MR) is 74.9 cm³/mol. The number of halogens is 2. The van der Waals surface area contributed by atoms with E-state index in [1.165, 1.54) is 12.1 Å². The summed E-state index contributed by atoms with van der Waals surface area (Å²) in [5.41, 5.74) is 7.66. The van der Waals surface area contributed by atoms with Gasteiger partial charge in [0, 0.05) is 11.1 Å². The number of hydrogen-bond acceptors (Lipinski definition) is 2. The molecular weight excluding hydrogens is 265 g/mol. The summed E-state index contributed by atoms with van der Waals surface area (Å²) in [4.78, 5) is 4.10. The zero-order chi connectivity index (χ0) is 14.0. The van der Waals surface area contributed by atoms with Crippen LogP contribution in [0.25, 0.3) is 5.69 Å². The third kappa shape index (κ3) is 3.33. The van der Waals surface area contributed by atoms with Gasteiger partial charge in [0.05, 0.1) is 23.9 Å². The van der Waals surface area contributed by atoms with Gasteiger partial charge in [0.15, 0.2) is 0 Å². The molecule has 0 spiro atoms. The summed E-state index contributed by atoms with van der Waals surface area (Å²) >= 11 is 5.88. The molecule has 0 fully saturated rings. The summed E-state index contributed by atoms with van der Waals surface area (Å²) in [5.74, 6) is 0.106. The molecule has 0 amide bonds. The number of aromatic nitrogens is 2. The highest BCUT2D eigenvalue weighted by atomic mass is 35.5. The van der Waals surface area contributed by atoms with Crippen LogP contribution in [-0.4, -0.2) is 9.55 Å². The van der Waals surface area contributed by atoms with Crippen LogP contribution in [0.15, 0.2) is 30.7 Å². The van der Waals surface area contributed by atoms with Gasteiger partial charge in [-0.15, -0.1) is 0 Å². The van der Waals surface area contributed by atoms with Crippen LogP contribution in [0.3, 0.4) is 0 Å². The molecule has 0 bridgehead atoms. The molecule has 2 N–H and O–H groups in total. The number of imidazole rings is 1. The SMILES string of the molecule is CC(C)CC(N)c1cncn1-c1cc(F)cc(Cl)c1. The van der Waals surface area contributed by atoms with E-state index >= 15 is 0 Å². The van der Waals surface area contributed by atoms with Gasteiger partial charge in [0.25, 0.3) is 0 Å². The van der Waals surface area contributed by atoms with E-state index in [1.807, 2.05) is 0 Å². The molecule has 2 rings (SSSR count). The fourth-order valence-electron chi connectivity index (χ4n) is 2.10. The van der Waals surface area contributed by atoms with Crippen LogP contribution >= 0.6 is 11.6 Å². The second-order valence-electron chi connectivity index (χ2n) is 5.05. The molecule has 3 nitrogen and oxygen atoms in total. The summed E-state index contributed by atoms with van der Waals surface area (Å²) < 4.78 is 15.2. The van der Waals surface area contributed by atoms with Crippen LogP contribution in [0.5, 0.6) is 0 Å². The maximum Gasteiger partial charge on any atom is 0.126 e. The zero-order valence-electron chi connectivity index (χ0n) is 11.0. The minimum Gasteiger partial charge on any atom is -0.323 e. The average molecular weight is 282 g/mol. The normalized spacial score (nSPS) is 12.9. The van der Waals surface area contributed by atoms with Crippen molar-refractivity contribution in [2.75, 3.05) is 0 Å². The Morgan fingerprint density at radius 3 is 2.74 bits per heavy atom. The lowest BCUT2D eigenvalue weighted by atomic mass is 10.0. The summed E-state index contributed by atoms with van der Waals surface area (Å²) in [7, 11) is 0. The smallest absolute Gasteiger partial charge is 0.126 e. The number of nitrogens with two attached hydrogens (primary N) is 1. The lowest BCUT2D eigenvalue weighted by molar-refractivity contribution is 0.497. The number of hydrogen-bond donors (Lipinski definition) is 1. The Morgan fingerprint density at radius 2 is 2.11 bits per heavy atom. The van der Waals surface area contributed by atoms with Gasteiger partial charge >= 0.3 is 0 Å². The molecule has 1 atom stereocenters. The Morgan fingerprint density at radius 1 is 1.37 bits per heavy atom. The lowest BCUT2D eigenvalue weighted by Gasteiger charge is -2.16. The molecule has 1 unspecified atom stereocenters. The highest BCUT2D eigenvalue weighted by molar-refractivity contribution is 6.30.